The number of carbonyl (C=O) groups excluding carboxylic acids is 2. The summed E-state index contributed by atoms with van der Waals surface area (Å²) in [5.41, 5.74) is 3.08. The van der Waals surface area contributed by atoms with Crippen LogP contribution in [0.1, 0.15) is 70.9 Å². The quantitative estimate of drug-likeness (QED) is 0.118. The Balaban J connectivity index is 1.95. The monoisotopic (exact) mass is 496 g/mol. The Hall–Kier alpha value is -2.66. The van der Waals surface area contributed by atoms with Crippen molar-refractivity contribution in [1.82, 2.24) is 4.90 Å². The lowest BCUT2D eigenvalue weighted by molar-refractivity contribution is -0.139. The van der Waals surface area contributed by atoms with Crippen LogP contribution in [0.25, 0.3) is 0 Å². The van der Waals surface area contributed by atoms with Crippen molar-refractivity contribution >= 4 is 34.9 Å². The minimum Gasteiger partial charge on any atom is -0.457 e. The average molecular weight is 497 g/mol. The van der Waals surface area contributed by atoms with E-state index < -0.39 is 11.9 Å². The average Bonchev–Trinajstić information content (AvgIpc) is 3.15. The molecule has 1 fully saturated rings. The van der Waals surface area contributed by atoms with Crippen LogP contribution in [0.15, 0.2) is 53.5 Å². The van der Waals surface area contributed by atoms with Crippen LogP contribution < -0.4 is 0 Å². The number of benzene rings is 2. The second-order valence-electron chi connectivity index (χ2n) is 10.2. The summed E-state index contributed by atoms with van der Waals surface area (Å²) in [4.78, 5) is 32.2. The van der Waals surface area contributed by atoms with Gasteiger partial charge in [0, 0.05) is 18.1 Å². The minimum atomic E-state index is -1.00. The van der Waals surface area contributed by atoms with Gasteiger partial charge in [0.25, 0.3) is 0 Å². The van der Waals surface area contributed by atoms with Crippen LogP contribution >= 0.6 is 11.6 Å². The summed E-state index contributed by atoms with van der Waals surface area (Å²) < 4.78 is 5.11. The van der Waals surface area contributed by atoms with E-state index in [9.17, 15) is 9.59 Å². The summed E-state index contributed by atoms with van der Waals surface area (Å²) in [6.07, 6.45) is 5.59. The Morgan fingerprint density at radius 2 is 1.66 bits per heavy atom. The van der Waals surface area contributed by atoms with Crippen molar-refractivity contribution in [2.24, 2.45) is 10.9 Å². The predicted octanol–water partition coefficient (Wildman–Crippen LogP) is 6.88. The molecule has 5 nitrogen and oxygen atoms in total. The molecule has 1 saturated heterocycles. The molecule has 1 aliphatic rings. The van der Waals surface area contributed by atoms with Gasteiger partial charge in [0.2, 0.25) is 0 Å². The van der Waals surface area contributed by atoms with Crippen LogP contribution in [0, 0.1) is 5.92 Å². The van der Waals surface area contributed by atoms with Crippen LogP contribution in [0.2, 0.25) is 5.02 Å². The Labute approximate surface area is 214 Å². The van der Waals surface area contributed by atoms with E-state index in [1.54, 1.807) is 24.3 Å². The van der Waals surface area contributed by atoms with Crippen molar-refractivity contribution in [2.75, 3.05) is 13.2 Å². The van der Waals surface area contributed by atoms with Crippen molar-refractivity contribution in [3.63, 3.8) is 0 Å². The molecule has 1 unspecified atom stereocenters. The molecule has 2 aromatic carbocycles. The lowest BCUT2D eigenvalue weighted by Crippen LogP contribution is -2.41. The first kappa shape index (κ1) is 26.9. The number of rotatable bonds is 10. The molecule has 0 N–H and O–H groups in total. The van der Waals surface area contributed by atoms with Gasteiger partial charge in [-0.1, -0.05) is 89.2 Å². The number of Topliss-reactive ketones (excluding diaryl/α,β-unsaturated/α-hetero) is 1. The zero-order valence-corrected chi connectivity index (χ0v) is 22.1. The predicted molar refractivity (Wildman–Crippen MR) is 142 cm³/mol. The molecule has 6 heteroatoms. The molecule has 2 aromatic rings. The highest BCUT2D eigenvalue weighted by molar-refractivity contribution is 6.30. The molecule has 3 rings (SSSR count). The third-order valence-corrected chi connectivity index (χ3v) is 6.54. The van der Waals surface area contributed by atoms with Crippen LogP contribution in [-0.2, 0) is 26.3 Å². The van der Waals surface area contributed by atoms with E-state index in [1.807, 2.05) is 0 Å². The zero-order chi connectivity index (χ0) is 25.4. The number of hydrogen-bond acceptors (Lipinski definition) is 4. The van der Waals surface area contributed by atoms with Gasteiger partial charge in [-0.15, -0.1) is 0 Å². The summed E-state index contributed by atoms with van der Waals surface area (Å²) in [7, 11) is 0. The lowest BCUT2D eigenvalue weighted by atomic mass is 9.86. The topological polar surface area (TPSA) is 59.0 Å². The molecular weight excluding hydrogens is 460 g/mol. The standard InChI is InChI=1S/C29H37ClN2O3/c1-5-6-7-8-9-18-32(19-21-10-12-22(13-11-21)29(2,3)4)27(26-25(33)20-35-28(26)34)31-24-16-14-23(30)15-17-24/h10-17,26H,5-9,18-20H2,1-4H3. The molecule has 0 bridgehead atoms. The fourth-order valence-corrected chi connectivity index (χ4v) is 4.29. The van der Waals surface area contributed by atoms with E-state index in [4.69, 9.17) is 21.3 Å². The smallest absolute Gasteiger partial charge is 0.324 e. The fourth-order valence-electron chi connectivity index (χ4n) is 4.17. The Bertz CT molecular complexity index is 1010. The number of amidine groups is 1. The number of aliphatic imine (C=N–C) groups is 1. The van der Waals surface area contributed by atoms with Gasteiger partial charge in [0.05, 0.1) is 5.69 Å². The second-order valence-corrected chi connectivity index (χ2v) is 10.7. The van der Waals surface area contributed by atoms with E-state index in [-0.39, 0.29) is 17.8 Å². The Morgan fingerprint density at radius 1 is 1.00 bits per heavy atom. The molecule has 0 radical (unpaired) electrons. The highest BCUT2D eigenvalue weighted by Gasteiger charge is 2.41. The molecule has 188 valence electrons. The fraction of sp³-hybridized carbons (Fsp3) is 0.483. The van der Waals surface area contributed by atoms with Crippen LogP contribution in [0.3, 0.4) is 0 Å². The van der Waals surface area contributed by atoms with Gasteiger partial charge in [-0.3, -0.25) is 9.59 Å². The number of cyclic esters (lactones) is 1. The number of unbranched alkanes of at least 4 members (excludes halogenated alkanes) is 4. The maximum absolute atomic E-state index is 12.7. The highest BCUT2D eigenvalue weighted by atomic mass is 35.5. The second kappa shape index (κ2) is 12.3. The van der Waals surface area contributed by atoms with Crippen molar-refractivity contribution < 1.29 is 14.3 Å². The number of ketones is 1. The van der Waals surface area contributed by atoms with Crippen LogP contribution in [0.5, 0.6) is 0 Å². The van der Waals surface area contributed by atoms with E-state index in [0.29, 0.717) is 29.6 Å². The van der Waals surface area contributed by atoms with Crippen molar-refractivity contribution in [3.05, 3.63) is 64.7 Å². The third-order valence-electron chi connectivity index (χ3n) is 6.29. The normalized spacial score (nSPS) is 16.5. The Morgan fingerprint density at radius 3 is 2.23 bits per heavy atom. The first-order valence-corrected chi connectivity index (χ1v) is 12.9. The van der Waals surface area contributed by atoms with Crippen LogP contribution in [-0.4, -0.2) is 35.6 Å². The zero-order valence-electron chi connectivity index (χ0n) is 21.4. The molecule has 0 aliphatic carbocycles. The number of ether oxygens (including phenoxy) is 1. The minimum absolute atomic E-state index is 0.0682. The number of halogens is 1. The van der Waals surface area contributed by atoms with Crippen LogP contribution in [0.4, 0.5) is 5.69 Å². The van der Waals surface area contributed by atoms with E-state index in [1.165, 1.54) is 24.8 Å². The maximum Gasteiger partial charge on any atom is 0.324 e. The first-order valence-electron chi connectivity index (χ1n) is 12.6. The third kappa shape index (κ3) is 7.66. The van der Waals surface area contributed by atoms with Crippen molar-refractivity contribution in [1.29, 1.82) is 0 Å². The van der Waals surface area contributed by atoms with Gasteiger partial charge in [-0.2, -0.15) is 0 Å². The molecule has 0 aromatic heterocycles. The molecule has 0 spiro atoms. The summed E-state index contributed by atoms with van der Waals surface area (Å²) in [6.45, 7) is 9.84. The van der Waals surface area contributed by atoms with Gasteiger partial charge in [0.1, 0.15) is 5.84 Å². The van der Waals surface area contributed by atoms with E-state index >= 15 is 0 Å². The molecule has 0 amide bonds. The molecular formula is C29H37ClN2O3. The van der Waals surface area contributed by atoms with Gasteiger partial charge in [-0.25, -0.2) is 4.99 Å². The van der Waals surface area contributed by atoms with Crippen molar-refractivity contribution in [2.45, 2.75) is 71.8 Å². The number of esters is 1. The molecule has 35 heavy (non-hydrogen) atoms. The number of nitrogens with zero attached hydrogens (tertiary/aromatic N) is 2. The summed E-state index contributed by atoms with van der Waals surface area (Å²) in [6, 6.07) is 15.7. The maximum atomic E-state index is 12.7. The van der Waals surface area contributed by atoms with Gasteiger partial charge < -0.3 is 9.64 Å². The lowest BCUT2D eigenvalue weighted by Gasteiger charge is -2.28. The summed E-state index contributed by atoms with van der Waals surface area (Å²) in [5, 5.41) is 0.605. The highest BCUT2D eigenvalue weighted by Crippen LogP contribution is 2.26. The molecule has 1 aliphatic heterocycles. The van der Waals surface area contributed by atoms with E-state index in [0.717, 1.165) is 18.4 Å². The number of hydrogen-bond donors (Lipinski definition) is 0. The Kier molecular flexibility index (Phi) is 9.50. The largest absolute Gasteiger partial charge is 0.457 e. The number of carbonyl (C=O) groups is 2. The molecule has 1 heterocycles. The van der Waals surface area contributed by atoms with E-state index in [2.05, 4.69) is 56.9 Å². The summed E-state index contributed by atoms with van der Waals surface area (Å²) in [5.74, 6) is -1.33. The summed E-state index contributed by atoms with van der Waals surface area (Å²) >= 11 is 6.06. The molecule has 0 saturated carbocycles. The first-order chi connectivity index (χ1) is 16.7. The van der Waals surface area contributed by atoms with Gasteiger partial charge >= 0.3 is 5.97 Å². The van der Waals surface area contributed by atoms with Gasteiger partial charge in [-0.05, 0) is 47.2 Å². The molecule has 1 atom stereocenters. The SMILES string of the molecule is CCCCCCCN(Cc1ccc(C(C)(C)C)cc1)C(=Nc1ccc(Cl)cc1)C1C(=O)COC1=O. The van der Waals surface area contributed by atoms with Crippen molar-refractivity contribution in [3.8, 4) is 0 Å². The van der Waals surface area contributed by atoms with Gasteiger partial charge in [0.15, 0.2) is 18.3 Å².